The number of rotatable bonds is 6. The molecular weight excluding hydrogens is 240 g/mol. The highest BCUT2D eigenvalue weighted by Crippen LogP contribution is 2.26. The zero-order valence-corrected chi connectivity index (χ0v) is 12.1. The van der Waals surface area contributed by atoms with Crippen molar-refractivity contribution < 1.29 is 10.2 Å². The van der Waals surface area contributed by atoms with Gasteiger partial charge >= 0.3 is 0 Å². The van der Waals surface area contributed by atoms with Gasteiger partial charge < -0.3 is 20.4 Å². The zero-order chi connectivity index (χ0) is 13.6. The predicted octanol–water partition coefficient (Wildman–Crippen LogP) is 1.12. The molecule has 0 bridgehead atoms. The first-order chi connectivity index (χ1) is 9.18. The number of hydrogen-bond acceptors (Lipinski definition) is 4. The number of β-amino-alcohol motifs (C(OH)–C–C–N with tert-alkyl or cyclic N) is 1. The highest BCUT2D eigenvalue weighted by molar-refractivity contribution is 4.84. The number of aliphatic hydroxyl groups is 2. The normalized spacial score (nSPS) is 26.2. The molecule has 0 aromatic heterocycles. The SMILES string of the molecule is OC(CNCC1(O)CCCCCC1)CN1CCCC1. The van der Waals surface area contributed by atoms with Gasteiger partial charge in [-0.1, -0.05) is 25.7 Å². The lowest BCUT2D eigenvalue weighted by atomic mass is 9.94. The maximum Gasteiger partial charge on any atom is 0.0791 e. The van der Waals surface area contributed by atoms with Gasteiger partial charge in [0, 0.05) is 19.6 Å². The molecule has 1 aliphatic heterocycles. The molecule has 4 nitrogen and oxygen atoms in total. The van der Waals surface area contributed by atoms with Gasteiger partial charge in [0.1, 0.15) is 0 Å². The Labute approximate surface area is 117 Å². The first-order valence-corrected chi connectivity index (χ1v) is 8.01. The van der Waals surface area contributed by atoms with E-state index < -0.39 is 5.60 Å². The molecule has 2 rings (SSSR count). The minimum atomic E-state index is -0.538. The summed E-state index contributed by atoms with van der Waals surface area (Å²) in [6, 6.07) is 0. The second-order valence-corrected chi connectivity index (χ2v) is 6.43. The summed E-state index contributed by atoms with van der Waals surface area (Å²) in [5.74, 6) is 0. The van der Waals surface area contributed by atoms with Gasteiger partial charge in [-0.2, -0.15) is 0 Å². The minimum absolute atomic E-state index is 0.313. The molecule has 2 aliphatic rings. The second-order valence-electron chi connectivity index (χ2n) is 6.43. The summed E-state index contributed by atoms with van der Waals surface area (Å²) in [7, 11) is 0. The van der Waals surface area contributed by atoms with Crippen LogP contribution >= 0.6 is 0 Å². The van der Waals surface area contributed by atoms with Crippen LogP contribution in [0, 0.1) is 0 Å². The van der Waals surface area contributed by atoms with Crippen LogP contribution in [0.1, 0.15) is 51.4 Å². The molecule has 1 aliphatic carbocycles. The largest absolute Gasteiger partial charge is 0.390 e. The summed E-state index contributed by atoms with van der Waals surface area (Å²) >= 11 is 0. The summed E-state index contributed by atoms with van der Waals surface area (Å²) in [6.45, 7) is 4.25. The molecule has 0 amide bonds. The lowest BCUT2D eigenvalue weighted by Crippen LogP contribution is -2.44. The Kier molecular flexibility index (Phi) is 6.07. The van der Waals surface area contributed by atoms with Crippen molar-refractivity contribution in [1.29, 1.82) is 0 Å². The van der Waals surface area contributed by atoms with Gasteiger partial charge in [-0.25, -0.2) is 0 Å². The molecule has 0 aromatic rings. The van der Waals surface area contributed by atoms with E-state index >= 15 is 0 Å². The minimum Gasteiger partial charge on any atom is -0.390 e. The van der Waals surface area contributed by atoms with Gasteiger partial charge in [-0.15, -0.1) is 0 Å². The molecule has 19 heavy (non-hydrogen) atoms. The van der Waals surface area contributed by atoms with Gasteiger partial charge in [-0.05, 0) is 38.8 Å². The second kappa shape index (κ2) is 7.58. The van der Waals surface area contributed by atoms with Crippen LogP contribution < -0.4 is 5.32 Å². The van der Waals surface area contributed by atoms with Crippen molar-refractivity contribution in [2.75, 3.05) is 32.7 Å². The van der Waals surface area contributed by atoms with E-state index in [4.69, 9.17) is 0 Å². The summed E-state index contributed by atoms with van der Waals surface area (Å²) < 4.78 is 0. The Morgan fingerprint density at radius 1 is 1.00 bits per heavy atom. The number of likely N-dealkylation sites (tertiary alicyclic amines) is 1. The monoisotopic (exact) mass is 270 g/mol. The molecule has 1 unspecified atom stereocenters. The molecule has 1 saturated carbocycles. The smallest absolute Gasteiger partial charge is 0.0791 e. The van der Waals surface area contributed by atoms with E-state index in [9.17, 15) is 10.2 Å². The Balaban J connectivity index is 1.61. The summed E-state index contributed by atoms with van der Waals surface area (Å²) in [5.41, 5.74) is -0.538. The van der Waals surface area contributed by atoms with E-state index in [0.717, 1.165) is 45.3 Å². The van der Waals surface area contributed by atoms with Crippen LogP contribution in [-0.2, 0) is 0 Å². The Morgan fingerprint density at radius 2 is 1.63 bits per heavy atom. The highest BCUT2D eigenvalue weighted by atomic mass is 16.3. The number of hydrogen-bond donors (Lipinski definition) is 3. The van der Waals surface area contributed by atoms with Crippen LogP contribution in [0.15, 0.2) is 0 Å². The first-order valence-electron chi connectivity index (χ1n) is 8.01. The average Bonchev–Trinajstić information content (AvgIpc) is 2.77. The van der Waals surface area contributed by atoms with E-state index in [-0.39, 0.29) is 6.10 Å². The molecule has 0 spiro atoms. The number of nitrogens with one attached hydrogen (secondary N) is 1. The lowest BCUT2D eigenvalue weighted by molar-refractivity contribution is 0.0213. The molecule has 112 valence electrons. The standard InChI is InChI=1S/C15H30N2O2/c18-14(12-17-9-5-6-10-17)11-16-13-15(19)7-3-1-2-4-8-15/h14,16,18-19H,1-13H2. The summed E-state index contributed by atoms with van der Waals surface area (Å²) in [5, 5.41) is 23.8. The quantitative estimate of drug-likeness (QED) is 0.633. The molecule has 1 heterocycles. The van der Waals surface area contributed by atoms with Gasteiger partial charge in [0.2, 0.25) is 0 Å². The third-order valence-corrected chi connectivity index (χ3v) is 4.54. The van der Waals surface area contributed by atoms with E-state index in [1.807, 2.05) is 0 Å². The zero-order valence-electron chi connectivity index (χ0n) is 12.1. The van der Waals surface area contributed by atoms with Crippen molar-refractivity contribution in [1.82, 2.24) is 10.2 Å². The van der Waals surface area contributed by atoms with Crippen molar-refractivity contribution in [2.45, 2.75) is 63.1 Å². The molecule has 0 aromatic carbocycles. The molecule has 3 N–H and O–H groups in total. The van der Waals surface area contributed by atoms with Crippen LogP contribution in [0.5, 0.6) is 0 Å². The summed E-state index contributed by atoms with van der Waals surface area (Å²) in [6.07, 6.45) is 8.79. The van der Waals surface area contributed by atoms with Gasteiger partial charge in [-0.3, -0.25) is 0 Å². The summed E-state index contributed by atoms with van der Waals surface area (Å²) in [4.78, 5) is 2.33. The lowest BCUT2D eigenvalue weighted by Gasteiger charge is -2.28. The van der Waals surface area contributed by atoms with Crippen molar-refractivity contribution >= 4 is 0 Å². The van der Waals surface area contributed by atoms with Crippen LogP contribution in [0.3, 0.4) is 0 Å². The maximum atomic E-state index is 10.5. The van der Waals surface area contributed by atoms with E-state index in [1.54, 1.807) is 0 Å². The molecule has 1 saturated heterocycles. The fourth-order valence-corrected chi connectivity index (χ4v) is 3.36. The first kappa shape index (κ1) is 15.2. The van der Waals surface area contributed by atoms with Crippen LogP contribution in [0.25, 0.3) is 0 Å². The van der Waals surface area contributed by atoms with Crippen LogP contribution in [0.2, 0.25) is 0 Å². The van der Waals surface area contributed by atoms with E-state index in [0.29, 0.717) is 13.1 Å². The number of aliphatic hydroxyl groups excluding tert-OH is 1. The van der Waals surface area contributed by atoms with E-state index in [2.05, 4.69) is 10.2 Å². The van der Waals surface area contributed by atoms with Crippen molar-refractivity contribution in [3.05, 3.63) is 0 Å². The van der Waals surface area contributed by atoms with Gasteiger partial charge in [0.05, 0.1) is 11.7 Å². The highest BCUT2D eigenvalue weighted by Gasteiger charge is 2.27. The molecular formula is C15H30N2O2. The van der Waals surface area contributed by atoms with Crippen molar-refractivity contribution in [2.24, 2.45) is 0 Å². The van der Waals surface area contributed by atoms with Crippen LogP contribution in [0.4, 0.5) is 0 Å². The third kappa shape index (κ3) is 5.38. The fourth-order valence-electron chi connectivity index (χ4n) is 3.36. The Bertz CT molecular complexity index is 247. The molecule has 4 heteroatoms. The molecule has 0 radical (unpaired) electrons. The molecule has 1 atom stereocenters. The van der Waals surface area contributed by atoms with E-state index in [1.165, 1.54) is 25.7 Å². The van der Waals surface area contributed by atoms with Gasteiger partial charge in [0.15, 0.2) is 0 Å². The Hall–Kier alpha value is -0.160. The predicted molar refractivity (Wildman–Crippen MR) is 77.2 cm³/mol. The van der Waals surface area contributed by atoms with Crippen molar-refractivity contribution in [3.8, 4) is 0 Å². The fraction of sp³-hybridized carbons (Fsp3) is 1.00. The average molecular weight is 270 g/mol. The third-order valence-electron chi connectivity index (χ3n) is 4.54. The molecule has 2 fully saturated rings. The van der Waals surface area contributed by atoms with Crippen molar-refractivity contribution in [3.63, 3.8) is 0 Å². The van der Waals surface area contributed by atoms with Gasteiger partial charge in [0.25, 0.3) is 0 Å². The number of nitrogens with zero attached hydrogens (tertiary/aromatic N) is 1. The topological polar surface area (TPSA) is 55.7 Å². The van der Waals surface area contributed by atoms with Crippen LogP contribution in [-0.4, -0.2) is 59.5 Å². The Morgan fingerprint density at radius 3 is 2.26 bits per heavy atom. The maximum absolute atomic E-state index is 10.5.